The quantitative estimate of drug-likeness (QED) is 0.556. The number of hydrogen-bond donors (Lipinski definition) is 1. The summed E-state index contributed by atoms with van der Waals surface area (Å²) in [5.74, 6) is 0. The lowest BCUT2D eigenvalue weighted by atomic mass is 10.1. The average molecular weight is 378 g/mol. The minimum absolute atomic E-state index is 0.0642. The van der Waals surface area contributed by atoms with Crippen molar-refractivity contribution in [3.05, 3.63) is 64.1 Å². The second-order valence-electron chi connectivity index (χ2n) is 4.11. The minimum atomic E-state index is -4.44. The van der Waals surface area contributed by atoms with Gasteiger partial charge in [-0.3, -0.25) is 5.43 Å². The molecule has 0 bridgehead atoms. The second-order valence-corrected chi connectivity index (χ2v) is 5.38. The number of benzene rings is 2. The van der Waals surface area contributed by atoms with Crippen molar-refractivity contribution in [1.29, 1.82) is 0 Å². The van der Waals surface area contributed by atoms with E-state index in [2.05, 4.69) is 26.5 Å². The van der Waals surface area contributed by atoms with Crippen molar-refractivity contribution in [1.82, 2.24) is 0 Å². The maximum Gasteiger partial charge on any atom is 0.416 e. The van der Waals surface area contributed by atoms with E-state index in [1.165, 1.54) is 6.07 Å². The number of nitrogens with one attached hydrogen (secondary N) is 1. The second kappa shape index (κ2) is 6.49. The van der Waals surface area contributed by atoms with E-state index >= 15 is 0 Å². The number of hydrazone groups is 1. The molecule has 0 spiro atoms. The zero-order valence-electron chi connectivity index (χ0n) is 10.5. The molecule has 2 nitrogen and oxygen atoms in total. The summed E-state index contributed by atoms with van der Waals surface area (Å²) in [6, 6.07) is 12.3. The van der Waals surface area contributed by atoms with Gasteiger partial charge in [-0.1, -0.05) is 45.7 Å². The molecule has 0 aliphatic rings. The maximum atomic E-state index is 12.7. The molecule has 1 N–H and O–H groups in total. The van der Waals surface area contributed by atoms with Crippen molar-refractivity contribution in [2.75, 3.05) is 5.43 Å². The third-order valence-corrected chi connectivity index (χ3v) is 3.28. The molecule has 0 atom stereocenters. The van der Waals surface area contributed by atoms with Crippen LogP contribution in [0.2, 0.25) is 0 Å². The number of para-hydroxylation sites is 1. The van der Waals surface area contributed by atoms with Crippen LogP contribution < -0.4 is 5.43 Å². The van der Waals surface area contributed by atoms with E-state index in [1.807, 2.05) is 6.07 Å². The van der Waals surface area contributed by atoms with E-state index < -0.39 is 11.7 Å². The summed E-state index contributed by atoms with van der Waals surface area (Å²) < 4.78 is 38.5. The first-order chi connectivity index (χ1) is 9.86. The van der Waals surface area contributed by atoms with Gasteiger partial charge in [0.05, 0.1) is 11.3 Å². The van der Waals surface area contributed by atoms with Gasteiger partial charge in [0, 0.05) is 10.0 Å². The van der Waals surface area contributed by atoms with E-state index in [0.717, 1.165) is 12.1 Å². The van der Waals surface area contributed by atoms with Gasteiger partial charge in [-0.25, -0.2) is 0 Å². The zero-order valence-corrected chi connectivity index (χ0v) is 12.8. The van der Waals surface area contributed by atoms with E-state index in [9.17, 15) is 13.2 Å². The van der Waals surface area contributed by atoms with Crippen molar-refractivity contribution in [2.45, 2.75) is 6.18 Å². The van der Waals surface area contributed by atoms with Crippen molar-refractivity contribution in [3.63, 3.8) is 0 Å². The van der Waals surface area contributed by atoms with Gasteiger partial charge in [0.15, 0.2) is 5.17 Å². The summed E-state index contributed by atoms with van der Waals surface area (Å²) in [6.45, 7) is 0. The Kier molecular flexibility index (Phi) is 4.90. The van der Waals surface area contributed by atoms with Gasteiger partial charge >= 0.3 is 6.18 Å². The zero-order chi connectivity index (χ0) is 15.5. The molecule has 0 heterocycles. The molecule has 0 aromatic heterocycles. The smallest absolute Gasteiger partial charge is 0.277 e. The lowest BCUT2D eigenvalue weighted by Gasteiger charge is -2.09. The normalized spacial score (nSPS) is 12.3. The highest BCUT2D eigenvalue weighted by Crippen LogP contribution is 2.32. The van der Waals surface area contributed by atoms with E-state index in [4.69, 9.17) is 11.6 Å². The van der Waals surface area contributed by atoms with E-state index in [1.54, 1.807) is 24.3 Å². The van der Waals surface area contributed by atoms with Crippen LogP contribution in [0, 0.1) is 0 Å². The van der Waals surface area contributed by atoms with Crippen LogP contribution in [0.25, 0.3) is 0 Å². The Morgan fingerprint density at radius 1 is 1.10 bits per heavy atom. The highest BCUT2D eigenvalue weighted by atomic mass is 79.9. The van der Waals surface area contributed by atoms with Crippen LogP contribution >= 0.6 is 27.5 Å². The highest BCUT2D eigenvalue weighted by molar-refractivity contribution is 9.10. The molecule has 0 saturated carbocycles. The van der Waals surface area contributed by atoms with Crippen molar-refractivity contribution in [2.24, 2.45) is 5.10 Å². The first-order valence-electron chi connectivity index (χ1n) is 5.78. The standard InChI is InChI=1S/C14H9BrClF3N2/c15-11-7-9(6-10(8-11)14(17,18)19)13(16)21-20-12-4-2-1-3-5-12/h1-8,20H. The Bertz CT molecular complexity index is 657. The maximum absolute atomic E-state index is 12.7. The van der Waals surface area contributed by atoms with Crippen LogP contribution in [0.4, 0.5) is 18.9 Å². The monoisotopic (exact) mass is 376 g/mol. The fourth-order valence-electron chi connectivity index (χ4n) is 1.56. The van der Waals surface area contributed by atoms with Crippen LogP contribution in [0.1, 0.15) is 11.1 Å². The lowest BCUT2D eigenvalue weighted by molar-refractivity contribution is -0.137. The Labute approximate surface area is 132 Å². The van der Waals surface area contributed by atoms with Crippen molar-refractivity contribution in [3.8, 4) is 0 Å². The molecular formula is C14H9BrClF3N2. The molecule has 0 aliphatic heterocycles. The molecular weight excluding hydrogens is 369 g/mol. The fraction of sp³-hybridized carbons (Fsp3) is 0.0714. The first kappa shape index (κ1) is 15.9. The fourth-order valence-corrected chi connectivity index (χ4v) is 2.21. The molecule has 21 heavy (non-hydrogen) atoms. The lowest BCUT2D eigenvalue weighted by Crippen LogP contribution is -2.07. The molecule has 0 fully saturated rings. The first-order valence-corrected chi connectivity index (χ1v) is 6.96. The molecule has 2 aromatic rings. The summed E-state index contributed by atoms with van der Waals surface area (Å²) in [5, 5.41) is 3.81. The summed E-state index contributed by atoms with van der Waals surface area (Å²) in [6.07, 6.45) is -4.44. The third-order valence-electron chi connectivity index (χ3n) is 2.52. The summed E-state index contributed by atoms with van der Waals surface area (Å²) in [4.78, 5) is 0. The molecule has 2 aromatic carbocycles. The van der Waals surface area contributed by atoms with E-state index in [0.29, 0.717) is 5.69 Å². The molecule has 0 radical (unpaired) electrons. The number of rotatable bonds is 3. The van der Waals surface area contributed by atoms with Crippen LogP contribution in [-0.2, 0) is 6.18 Å². The molecule has 7 heteroatoms. The molecule has 0 aliphatic carbocycles. The summed E-state index contributed by atoms with van der Waals surface area (Å²) in [7, 11) is 0. The molecule has 2 rings (SSSR count). The van der Waals surface area contributed by atoms with Crippen molar-refractivity contribution < 1.29 is 13.2 Å². The highest BCUT2D eigenvalue weighted by Gasteiger charge is 2.31. The summed E-state index contributed by atoms with van der Waals surface area (Å²) in [5.41, 5.74) is 2.74. The molecule has 0 saturated heterocycles. The van der Waals surface area contributed by atoms with Crippen LogP contribution in [0.5, 0.6) is 0 Å². The molecule has 110 valence electrons. The van der Waals surface area contributed by atoms with Gasteiger partial charge in [0.25, 0.3) is 0 Å². The predicted octanol–water partition coefficient (Wildman–Crippen LogP) is 5.48. The SMILES string of the molecule is FC(F)(F)c1cc(Br)cc(C(Cl)=NNc2ccccc2)c1. The topological polar surface area (TPSA) is 24.4 Å². The van der Waals surface area contributed by atoms with Gasteiger partial charge in [0.2, 0.25) is 0 Å². The number of alkyl halides is 3. The Morgan fingerprint density at radius 3 is 2.38 bits per heavy atom. The number of nitrogens with zero attached hydrogens (tertiary/aromatic N) is 1. The Hall–Kier alpha value is -1.53. The predicted molar refractivity (Wildman–Crippen MR) is 81.6 cm³/mol. The number of halogens is 5. The Balaban J connectivity index is 2.26. The largest absolute Gasteiger partial charge is 0.416 e. The van der Waals surface area contributed by atoms with Gasteiger partial charge in [-0.05, 0) is 30.3 Å². The molecule has 0 unspecified atom stereocenters. The van der Waals surface area contributed by atoms with Gasteiger partial charge in [0.1, 0.15) is 0 Å². The van der Waals surface area contributed by atoms with Crippen molar-refractivity contribution >= 4 is 38.4 Å². The van der Waals surface area contributed by atoms with Gasteiger partial charge in [-0.2, -0.15) is 18.3 Å². The third kappa shape index (κ3) is 4.47. The average Bonchev–Trinajstić information content (AvgIpc) is 2.44. The Morgan fingerprint density at radius 2 is 1.76 bits per heavy atom. The van der Waals surface area contributed by atoms with Crippen LogP contribution in [-0.4, -0.2) is 5.17 Å². The van der Waals surface area contributed by atoms with Gasteiger partial charge in [-0.15, -0.1) is 0 Å². The van der Waals surface area contributed by atoms with Gasteiger partial charge < -0.3 is 0 Å². The molecule has 0 amide bonds. The minimum Gasteiger partial charge on any atom is -0.277 e. The number of hydrogen-bond acceptors (Lipinski definition) is 2. The van der Waals surface area contributed by atoms with E-state index in [-0.39, 0.29) is 15.2 Å². The number of anilines is 1. The summed E-state index contributed by atoms with van der Waals surface area (Å²) >= 11 is 8.99. The van der Waals surface area contributed by atoms with Crippen LogP contribution in [0.15, 0.2) is 58.1 Å². The van der Waals surface area contributed by atoms with Crippen LogP contribution in [0.3, 0.4) is 0 Å².